The molecule has 0 aromatic rings. The lowest BCUT2D eigenvalue weighted by atomic mass is 9.96. The minimum atomic E-state index is -1.97. The van der Waals surface area contributed by atoms with E-state index in [2.05, 4.69) is 67.8 Å². The van der Waals surface area contributed by atoms with Crippen molar-refractivity contribution in [2.75, 3.05) is 26.4 Å². The predicted molar refractivity (Wildman–Crippen MR) is 254 cm³/mol. The predicted octanol–water partition coefficient (Wildman–Crippen LogP) is 1.58. The van der Waals surface area contributed by atoms with Gasteiger partial charge in [-0.05, 0) is 51.4 Å². The van der Waals surface area contributed by atoms with E-state index in [0.29, 0.717) is 19.3 Å². The van der Waals surface area contributed by atoms with E-state index in [-0.39, 0.29) is 18.9 Å². The van der Waals surface area contributed by atoms with Crippen LogP contribution >= 0.6 is 0 Å². The number of rotatable bonds is 34. The molecule has 3 fully saturated rings. The van der Waals surface area contributed by atoms with E-state index in [0.717, 1.165) is 89.9 Å². The molecule has 400 valence electrons. The first-order valence-electron chi connectivity index (χ1n) is 25.4. The Morgan fingerprint density at radius 3 is 1.57 bits per heavy atom. The maximum Gasteiger partial charge on any atom is 0.220 e. The Hall–Kier alpha value is -2.25. The molecule has 1 amide bonds. The highest BCUT2D eigenvalue weighted by Crippen LogP contribution is 2.33. The van der Waals surface area contributed by atoms with Gasteiger partial charge in [-0.3, -0.25) is 4.79 Å². The van der Waals surface area contributed by atoms with Crippen molar-refractivity contribution in [1.29, 1.82) is 0 Å². The standard InChI is InChI=1S/C50H87NO18/c1-3-5-7-9-10-11-12-13-14-15-16-17-18-19-20-21-22-24-26-28-38(56)51-33(34(55)27-25-23-8-6-4-2)32-64-48-44(62)41(59)46(36(30-53)66-48)69-50-45(63)42(60)47(37(31-54)67-50)68-49-43(61)40(58)39(57)35(29-52)65-49/h5,7,10-11,13-14,16-17,33-37,39-50,52-55,57-63H,3-4,6,8-9,12,15,18-32H2,1-2H3,(H,51,56)/b7-5-,11-10-,14-13-,17-16-. The molecule has 3 rings (SSSR count). The number of hydrogen-bond donors (Lipinski definition) is 12. The van der Waals surface area contributed by atoms with E-state index >= 15 is 0 Å². The lowest BCUT2D eigenvalue weighted by molar-refractivity contribution is -0.379. The second-order valence-corrected chi connectivity index (χ2v) is 18.3. The molecule has 12 N–H and O–H groups in total. The zero-order valence-electron chi connectivity index (χ0n) is 40.8. The third-order valence-electron chi connectivity index (χ3n) is 12.7. The average Bonchev–Trinajstić information content (AvgIpc) is 3.34. The molecule has 0 aromatic carbocycles. The summed E-state index contributed by atoms with van der Waals surface area (Å²) >= 11 is 0. The molecular weight excluding hydrogens is 903 g/mol. The van der Waals surface area contributed by atoms with Gasteiger partial charge in [0.1, 0.15) is 73.2 Å². The second-order valence-electron chi connectivity index (χ2n) is 18.3. The summed E-state index contributed by atoms with van der Waals surface area (Å²) in [6.45, 7) is 1.51. The van der Waals surface area contributed by atoms with Crippen LogP contribution in [0.1, 0.15) is 129 Å². The summed E-state index contributed by atoms with van der Waals surface area (Å²) in [5.41, 5.74) is 0. The molecular formula is C50H87NO18. The van der Waals surface area contributed by atoms with Gasteiger partial charge < -0.3 is 89.9 Å². The van der Waals surface area contributed by atoms with Crippen LogP contribution in [-0.2, 0) is 33.2 Å². The molecule has 0 aliphatic carbocycles. The van der Waals surface area contributed by atoms with Crippen LogP contribution in [0.4, 0.5) is 0 Å². The first-order chi connectivity index (χ1) is 33.3. The zero-order chi connectivity index (χ0) is 50.6. The number of hydrogen-bond acceptors (Lipinski definition) is 18. The van der Waals surface area contributed by atoms with Gasteiger partial charge in [-0.25, -0.2) is 0 Å². The first kappa shape index (κ1) is 61.1. The summed E-state index contributed by atoms with van der Waals surface area (Å²) in [4.78, 5) is 13.1. The quantitative estimate of drug-likeness (QED) is 0.0322. The average molecular weight is 990 g/mol. The topological polar surface area (TPSA) is 307 Å². The van der Waals surface area contributed by atoms with Crippen LogP contribution in [0.15, 0.2) is 48.6 Å². The summed E-state index contributed by atoms with van der Waals surface area (Å²) in [5, 5.41) is 119. The van der Waals surface area contributed by atoms with Crippen molar-refractivity contribution in [3.63, 3.8) is 0 Å². The maximum absolute atomic E-state index is 13.1. The number of carbonyl (C=O) groups excluding carboxylic acids is 1. The number of nitrogens with one attached hydrogen (secondary N) is 1. The maximum atomic E-state index is 13.1. The van der Waals surface area contributed by atoms with Crippen LogP contribution in [0, 0.1) is 0 Å². The summed E-state index contributed by atoms with van der Waals surface area (Å²) in [5.74, 6) is -0.268. The van der Waals surface area contributed by atoms with Gasteiger partial charge in [-0.15, -0.1) is 0 Å². The molecule has 3 saturated heterocycles. The summed E-state index contributed by atoms with van der Waals surface area (Å²) in [6.07, 6.45) is 7.13. The van der Waals surface area contributed by atoms with Gasteiger partial charge in [-0.2, -0.15) is 0 Å². The van der Waals surface area contributed by atoms with E-state index in [1.165, 1.54) is 0 Å². The van der Waals surface area contributed by atoms with Crippen LogP contribution in [-0.4, -0.2) is 193 Å². The number of aliphatic hydroxyl groups is 11. The fourth-order valence-electron chi connectivity index (χ4n) is 8.42. The monoisotopic (exact) mass is 990 g/mol. The third-order valence-corrected chi connectivity index (χ3v) is 12.7. The third kappa shape index (κ3) is 21.0. The number of amides is 1. The van der Waals surface area contributed by atoms with Gasteiger partial charge in [-0.1, -0.05) is 120 Å². The molecule has 0 spiro atoms. The number of unbranched alkanes of at least 4 members (excludes halogenated alkanes) is 10. The molecule has 17 atom stereocenters. The molecule has 0 radical (unpaired) electrons. The van der Waals surface area contributed by atoms with Crippen molar-refractivity contribution >= 4 is 5.91 Å². The van der Waals surface area contributed by atoms with E-state index in [1.54, 1.807) is 0 Å². The highest BCUT2D eigenvalue weighted by molar-refractivity contribution is 5.76. The second kappa shape index (κ2) is 35.0. The van der Waals surface area contributed by atoms with Gasteiger partial charge in [0.05, 0.1) is 38.6 Å². The fraction of sp³-hybridized carbons (Fsp3) is 0.820. The highest BCUT2D eigenvalue weighted by atomic mass is 16.8. The lowest BCUT2D eigenvalue weighted by Crippen LogP contribution is -2.66. The zero-order valence-corrected chi connectivity index (χ0v) is 40.8. The van der Waals surface area contributed by atoms with E-state index in [1.807, 2.05) is 0 Å². The summed E-state index contributed by atoms with van der Waals surface area (Å²) in [6, 6.07) is -0.891. The Balaban J connectivity index is 1.48. The van der Waals surface area contributed by atoms with Crippen LogP contribution in [0.5, 0.6) is 0 Å². The van der Waals surface area contributed by atoms with Gasteiger partial charge in [0.15, 0.2) is 18.9 Å². The van der Waals surface area contributed by atoms with Crippen molar-refractivity contribution in [2.45, 2.75) is 234 Å². The summed E-state index contributed by atoms with van der Waals surface area (Å²) < 4.78 is 34.0. The molecule has 17 unspecified atom stereocenters. The first-order valence-corrected chi connectivity index (χ1v) is 25.4. The van der Waals surface area contributed by atoms with Crippen molar-refractivity contribution in [1.82, 2.24) is 5.32 Å². The normalized spacial score (nSPS) is 33.3. The number of ether oxygens (including phenoxy) is 6. The van der Waals surface area contributed by atoms with Crippen LogP contribution in [0.3, 0.4) is 0 Å². The Labute approximate surface area is 408 Å². The van der Waals surface area contributed by atoms with E-state index < -0.39 is 124 Å². The van der Waals surface area contributed by atoms with Crippen LogP contribution in [0.25, 0.3) is 0 Å². The van der Waals surface area contributed by atoms with Gasteiger partial charge in [0.25, 0.3) is 0 Å². The molecule has 3 aliphatic rings. The largest absolute Gasteiger partial charge is 0.394 e. The van der Waals surface area contributed by atoms with Crippen LogP contribution in [0.2, 0.25) is 0 Å². The Morgan fingerprint density at radius 1 is 0.536 bits per heavy atom. The molecule has 3 aliphatic heterocycles. The SMILES string of the molecule is CC/C=C\C/C=C\C/C=C\C/C=C\CCCCCCCCC(=O)NC(COC1OC(CO)C(OC2OC(CO)C(OC3OC(CO)C(O)C(O)C3O)C(O)C2O)C(O)C1O)C(O)CCCCCCC. The Morgan fingerprint density at radius 2 is 1.00 bits per heavy atom. The van der Waals surface area contributed by atoms with Gasteiger partial charge >= 0.3 is 0 Å². The molecule has 0 aromatic heterocycles. The molecule has 0 saturated carbocycles. The Bertz CT molecular complexity index is 1460. The van der Waals surface area contributed by atoms with Gasteiger partial charge in [0, 0.05) is 6.42 Å². The fourth-order valence-corrected chi connectivity index (χ4v) is 8.42. The summed E-state index contributed by atoms with van der Waals surface area (Å²) in [7, 11) is 0. The van der Waals surface area contributed by atoms with Gasteiger partial charge in [0.2, 0.25) is 5.91 Å². The number of carbonyl (C=O) groups is 1. The number of aliphatic hydroxyl groups excluding tert-OH is 11. The molecule has 0 bridgehead atoms. The minimum Gasteiger partial charge on any atom is -0.394 e. The molecule has 19 nitrogen and oxygen atoms in total. The molecule has 69 heavy (non-hydrogen) atoms. The smallest absolute Gasteiger partial charge is 0.220 e. The minimum absolute atomic E-state index is 0.246. The molecule has 3 heterocycles. The molecule has 19 heteroatoms. The van der Waals surface area contributed by atoms with Crippen molar-refractivity contribution in [2.24, 2.45) is 0 Å². The number of allylic oxidation sites excluding steroid dienone is 8. The lowest BCUT2D eigenvalue weighted by Gasteiger charge is -2.48. The van der Waals surface area contributed by atoms with Crippen molar-refractivity contribution in [3.05, 3.63) is 48.6 Å². The highest BCUT2D eigenvalue weighted by Gasteiger charge is 2.53. The van der Waals surface area contributed by atoms with Crippen molar-refractivity contribution in [3.8, 4) is 0 Å². The van der Waals surface area contributed by atoms with Crippen molar-refractivity contribution < 1.29 is 89.4 Å². The van der Waals surface area contributed by atoms with E-state index in [4.69, 9.17) is 28.4 Å². The Kier molecular flexibility index (Phi) is 31.0. The van der Waals surface area contributed by atoms with Crippen LogP contribution < -0.4 is 5.32 Å². The van der Waals surface area contributed by atoms with E-state index in [9.17, 15) is 61.0 Å².